The minimum Gasteiger partial charge on any atom is -0.450 e. The largest absolute Gasteiger partial charge is 0.450 e. The van der Waals surface area contributed by atoms with Crippen molar-refractivity contribution in [3.63, 3.8) is 0 Å². The zero-order chi connectivity index (χ0) is 7.70. The predicted octanol–water partition coefficient (Wildman–Crippen LogP) is 0.968. The minimum atomic E-state index is -0.711. The van der Waals surface area contributed by atoms with E-state index in [1.54, 1.807) is 6.92 Å². The maximum atomic E-state index is 9.60. The number of carbonyl (C=O) groups excluding carboxylic acids is 1. The molecule has 0 aromatic rings. The summed E-state index contributed by atoms with van der Waals surface area (Å²) in [5.74, 6) is 0. The highest BCUT2D eigenvalue weighted by Crippen LogP contribution is 1.66. The molecular formula is C3H7N4O2-. The van der Waals surface area contributed by atoms with E-state index >= 15 is 0 Å². The normalized spacial score (nSPS) is 5.89. The molecule has 0 aliphatic carbocycles. The third-order valence-electron chi connectivity index (χ3n) is 0.287. The molecule has 0 rings (SSSR count). The van der Waals surface area contributed by atoms with Gasteiger partial charge in [-0.25, -0.2) is 4.79 Å². The number of rotatable bonds is 1. The van der Waals surface area contributed by atoms with Crippen LogP contribution in [0.3, 0.4) is 0 Å². The summed E-state index contributed by atoms with van der Waals surface area (Å²) in [6.07, 6.45) is -0.711. The van der Waals surface area contributed by atoms with Gasteiger partial charge in [0.15, 0.2) is 0 Å². The van der Waals surface area contributed by atoms with E-state index in [1.165, 1.54) is 4.91 Å². The van der Waals surface area contributed by atoms with E-state index in [9.17, 15) is 4.79 Å². The average Bonchev–Trinajstić information content (AvgIpc) is 1.67. The summed E-state index contributed by atoms with van der Waals surface area (Å²) in [5, 5.41) is 0. The predicted molar refractivity (Wildman–Crippen MR) is 31.3 cm³/mol. The van der Waals surface area contributed by atoms with E-state index in [4.69, 9.17) is 11.1 Å². The van der Waals surface area contributed by atoms with Crippen LogP contribution in [-0.2, 0) is 4.74 Å². The number of ether oxygens (including phenoxy) is 1. The van der Waals surface area contributed by atoms with Crippen LogP contribution in [0.15, 0.2) is 0 Å². The first-order valence-corrected chi connectivity index (χ1v) is 2.09. The second kappa shape index (κ2) is 9.77. The monoisotopic (exact) mass is 131 g/mol. The molecule has 0 spiro atoms. The summed E-state index contributed by atoms with van der Waals surface area (Å²) in [4.78, 5) is 11.1. The fourth-order valence-corrected chi connectivity index (χ4v) is 0.142. The maximum absolute atomic E-state index is 9.60. The highest BCUT2D eigenvalue weighted by Gasteiger charge is 1.82. The molecule has 9 heavy (non-hydrogen) atoms. The molecule has 0 radical (unpaired) electrons. The summed E-state index contributed by atoms with van der Waals surface area (Å²) in [6, 6.07) is 0. The number of primary amides is 1. The van der Waals surface area contributed by atoms with Crippen molar-refractivity contribution >= 4 is 6.09 Å². The van der Waals surface area contributed by atoms with E-state index in [1.807, 2.05) is 0 Å². The van der Waals surface area contributed by atoms with Gasteiger partial charge in [-0.15, -0.1) is 0 Å². The first kappa shape index (κ1) is 10.5. The molecule has 0 bridgehead atoms. The summed E-state index contributed by atoms with van der Waals surface area (Å²) in [7, 11) is 0. The summed E-state index contributed by atoms with van der Waals surface area (Å²) >= 11 is 0. The van der Waals surface area contributed by atoms with Crippen molar-refractivity contribution in [2.24, 2.45) is 5.73 Å². The molecule has 0 saturated heterocycles. The topological polar surface area (TPSA) is 111 Å². The van der Waals surface area contributed by atoms with Crippen LogP contribution in [0.25, 0.3) is 16.0 Å². The molecule has 2 N–H and O–H groups in total. The van der Waals surface area contributed by atoms with Crippen LogP contribution in [0.5, 0.6) is 0 Å². The van der Waals surface area contributed by atoms with Crippen LogP contribution in [0.1, 0.15) is 6.92 Å². The highest BCUT2D eigenvalue weighted by atomic mass is 16.5. The quantitative estimate of drug-likeness (QED) is 0.324. The van der Waals surface area contributed by atoms with Gasteiger partial charge in [-0.05, 0) is 6.92 Å². The lowest BCUT2D eigenvalue weighted by Crippen LogP contribution is -2.11. The Morgan fingerprint density at radius 3 is 2.11 bits per heavy atom. The van der Waals surface area contributed by atoms with Crippen molar-refractivity contribution in [2.45, 2.75) is 6.92 Å². The average molecular weight is 131 g/mol. The second-order valence-corrected chi connectivity index (χ2v) is 0.841. The Balaban J connectivity index is 0. The first-order valence-electron chi connectivity index (χ1n) is 2.09. The number of hydrogen-bond acceptors (Lipinski definition) is 2. The van der Waals surface area contributed by atoms with E-state index < -0.39 is 6.09 Å². The van der Waals surface area contributed by atoms with Gasteiger partial charge in [0.1, 0.15) is 0 Å². The van der Waals surface area contributed by atoms with Gasteiger partial charge in [-0.3, -0.25) is 4.91 Å². The second-order valence-electron chi connectivity index (χ2n) is 0.841. The van der Waals surface area contributed by atoms with Crippen molar-refractivity contribution in [3.05, 3.63) is 16.0 Å². The van der Waals surface area contributed by atoms with Crippen LogP contribution < -0.4 is 5.73 Å². The van der Waals surface area contributed by atoms with Crippen molar-refractivity contribution in [2.75, 3.05) is 6.61 Å². The van der Waals surface area contributed by atoms with Crippen LogP contribution in [-0.4, -0.2) is 12.7 Å². The first-order chi connectivity index (χ1) is 4.18. The molecule has 0 unspecified atom stereocenters. The van der Waals surface area contributed by atoms with Crippen LogP contribution in [0, 0.1) is 0 Å². The lowest BCUT2D eigenvalue weighted by molar-refractivity contribution is 0.163. The van der Waals surface area contributed by atoms with Gasteiger partial charge in [-0.1, -0.05) is 0 Å². The lowest BCUT2D eigenvalue weighted by Gasteiger charge is -1.89. The third-order valence-corrected chi connectivity index (χ3v) is 0.287. The van der Waals surface area contributed by atoms with Crippen molar-refractivity contribution in [1.82, 2.24) is 0 Å². The van der Waals surface area contributed by atoms with Crippen molar-refractivity contribution in [3.8, 4) is 0 Å². The fourth-order valence-electron chi connectivity index (χ4n) is 0.142. The zero-order valence-electron chi connectivity index (χ0n) is 4.94. The third kappa shape index (κ3) is 55.3. The molecule has 0 saturated carbocycles. The zero-order valence-corrected chi connectivity index (χ0v) is 4.94. The number of carbonyl (C=O) groups is 1. The summed E-state index contributed by atoms with van der Waals surface area (Å²) in [6.45, 7) is 2.06. The van der Waals surface area contributed by atoms with Gasteiger partial charge >= 0.3 is 6.09 Å². The van der Waals surface area contributed by atoms with Crippen LogP contribution in [0.2, 0.25) is 0 Å². The van der Waals surface area contributed by atoms with Crippen LogP contribution in [0.4, 0.5) is 4.79 Å². The molecule has 52 valence electrons. The molecule has 0 atom stereocenters. The molecular weight excluding hydrogens is 124 g/mol. The minimum absolute atomic E-state index is 0.356. The Morgan fingerprint density at radius 2 is 2.11 bits per heavy atom. The van der Waals surface area contributed by atoms with E-state index in [0.29, 0.717) is 6.61 Å². The molecule has 0 fully saturated rings. The Kier molecular flexibility index (Phi) is 11.4. The molecule has 6 heteroatoms. The van der Waals surface area contributed by atoms with E-state index in [2.05, 4.69) is 10.5 Å². The summed E-state index contributed by atoms with van der Waals surface area (Å²) in [5.41, 5.74) is 18.0. The molecule has 0 aliphatic rings. The van der Waals surface area contributed by atoms with Crippen LogP contribution >= 0.6 is 0 Å². The summed E-state index contributed by atoms with van der Waals surface area (Å²) < 4.78 is 4.18. The molecule has 0 aliphatic heterocycles. The Morgan fingerprint density at radius 1 is 1.78 bits per heavy atom. The lowest BCUT2D eigenvalue weighted by atomic mass is 10.9. The highest BCUT2D eigenvalue weighted by molar-refractivity contribution is 5.64. The molecule has 0 aromatic heterocycles. The van der Waals surface area contributed by atoms with Gasteiger partial charge in [0.25, 0.3) is 0 Å². The number of nitrogens with zero attached hydrogens (tertiary/aromatic N) is 3. The van der Waals surface area contributed by atoms with E-state index in [0.717, 1.165) is 0 Å². The molecule has 0 aromatic carbocycles. The smallest absolute Gasteiger partial charge is 0.404 e. The number of amides is 1. The van der Waals surface area contributed by atoms with Gasteiger partial charge in [0, 0.05) is 0 Å². The fraction of sp³-hybridized carbons (Fsp3) is 0.667. The van der Waals surface area contributed by atoms with Gasteiger partial charge < -0.3 is 21.5 Å². The number of hydrogen-bond donors (Lipinski definition) is 1. The Labute approximate surface area is 52.0 Å². The Bertz CT molecular complexity index is 106. The molecule has 6 nitrogen and oxygen atoms in total. The van der Waals surface area contributed by atoms with Crippen molar-refractivity contribution < 1.29 is 9.53 Å². The maximum Gasteiger partial charge on any atom is 0.404 e. The van der Waals surface area contributed by atoms with Gasteiger partial charge in [-0.2, -0.15) is 0 Å². The van der Waals surface area contributed by atoms with E-state index in [-0.39, 0.29) is 0 Å². The molecule has 0 heterocycles. The number of nitrogens with two attached hydrogens (primary N) is 1. The molecule has 1 amide bonds. The van der Waals surface area contributed by atoms with Gasteiger partial charge in [0.2, 0.25) is 0 Å². The SMILES string of the molecule is CCOC(N)=O.[N-]=[N+]=[N-]. The Hall–Kier alpha value is -1.42. The van der Waals surface area contributed by atoms with Gasteiger partial charge in [0.05, 0.1) is 6.61 Å². The standard InChI is InChI=1S/C3H7NO2.N3/c1-2-6-3(4)5;1-3-2/h2H2,1H3,(H2,4,5);/q;-1. The van der Waals surface area contributed by atoms with Crippen molar-refractivity contribution in [1.29, 1.82) is 0 Å².